The second kappa shape index (κ2) is 4.43. The fourth-order valence-electron chi connectivity index (χ4n) is 1.21. The van der Waals surface area contributed by atoms with Crippen LogP contribution in [0.3, 0.4) is 0 Å². The molecule has 2 rings (SSSR count). The number of aromatic nitrogens is 3. The number of rotatable bonds is 3. The molecule has 0 unspecified atom stereocenters. The van der Waals surface area contributed by atoms with Gasteiger partial charge in [-0.1, -0.05) is 24.3 Å². The fourth-order valence-corrected chi connectivity index (χ4v) is 1.21. The molecule has 82 valence electrons. The van der Waals surface area contributed by atoms with Gasteiger partial charge in [-0.3, -0.25) is 0 Å². The molecule has 16 heavy (non-hydrogen) atoms. The van der Waals surface area contributed by atoms with Crippen molar-refractivity contribution in [1.82, 2.24) is 14.9 Å². The van der Waals surface area contributed by atoms with Gasteiger partial charge in [0.1, 0.15) is 6.33 Å². The molecule has 0 aliphatic carbocycles. The van der Waals surface area contributed by atoms with Gasteiger partial charge in [-0.2, -0.15) is 5.10 Å². The Kier molecular flexibility index (Phi) is 2.81. The van der Waals surface area contributed by atoms with Crippen LogP contribution in [0.4, 0.5) is 5.95 Å². The van der Waals surface area contributed by atoms with Crippen molar-refractivity contribution in [2.24, 2.45) is 5.10 Å². The van der Waals surface area contributed by atoms with Crippen LogP contribution in [0.1, 0.15) is 11.1 Å². The highest BCUT2D eigenvalue weighted by molar-refractivity contribution is 5.81. The minimum Gasteiger partial charge on any atom is -0.335 e. The van der Waals surface area contributed by atoms with E-state index in [-0.39, 0.29) is 0 Å². The monoisotopic (exact) mass is 216 g/mol. The molecule has 1 heterocycles. The number of benzene rings is 1. The molecule has 0 fully saturated rings. The SMILES string of the molecule is Cc1ccccc1C=NNc1nncn1N. The first-order valence-corrected chi connectivity index (χ1v) is 4.77. The number of anilines is 1. The number of aryl methyl sites for hydroxylation is 1. The van der Waals surface area contributed by atoms with Gasteiger partial charge in [0.2, 0.25) is 0 Å². The molecule has 6 nitrogen and oxygen atoms in total. The van der Waals surface area contributed by atoms with E-state index in [9.17, 15) is 0 Å². The van der Waals surface area contributed by atoms with Gasteiger partial charge in [0.15, 0.2) is 0 Å². The van der Waals surface area contributed by atoms with Crippen molar-refractivity contribution < 1.29 is 0 Å². The highest BCUT2D eigenvalue weighted by Crippen LogP contribution is 2.03. The molecule has 0 aliphatic rings. The molecule has 3 N–H and O–H groups in total. The highest BCUT2D eigenvalue weighted by Gasteiger charge is 1.97. The Bertz CT molecular complexity index is 502. The molecule has 1 aromatic heterocycles. The second-order valence-electron chi connectivity index (χ2n) is 3.29. The van der Waals surface area contributed by atoms with Crippen LogP contribution in [0.5, 0.6) is 0 Å². The summed E-state index contributed by atoms with van der Waals surface area (Å²) in [6.07, 6.45) is 3.11. The molecule has 6 heteroatoms. The largest absolute Gasteiger partial charge is 0.335 e. The van der Waals surface area contributed by atoms with E-state index < -0.39 is 0 Å². The molecule has 0 bridgehead atoms. The number of nitrogens with one attached hydrogen (secondary N) is 1. The molecule has 0 saturated heterocycles. The minimum atomic E-state index is 0.393. The zero-order valence-corrected chi connectivity index (χ0v) is 8.83. The first kappa shape index (κ1) is 10.2. The molecule has 0 amide bonds. The molecular formula is C10H12N6. The van der Waals surface area contributed by atoms with Crippen molar-refractivity contribution in [3.8, 4) is 0 Å². The van der Waals surface area contributed by atoms with Gasteiger partial charge in [-0.15, -0.1) is 10.2 Å². The molecule has 0 aliphatic heterocycles. The number of hydrogen-bond donors (Lipinski definition) is 2. The fraction of sp³-hybridized carbons (Fsp3) is 0.100. The van der Waals surface area contributed by atoms with Crippen LogP contribution in [0, 0.1) is 6.92 Å². The number of nitrogen functional groups attached to an aromatic ring is 1. The van der Waals surface area contributed by atoms with Crippen LogP contribution >= 0.6 is 0 Å². The third-order valence-corrected chi connectivity index (χ3v) is 2.13. The average Bonchev–Trinajstić information content (AvgIpc) is 2.67. The van der Waals surface area contributed by atoms with Crippen molar-refractivity contribution in [1.29, 1.82) is 0 Å². The van der Waals surface area contributed by atoms with Crippen molar-refractivity contribution >= 4 is 12.2 Å². The lowest BCUT2D eigenvalue weighted by molar-refractivity contribution is 0.988. The number of hydrazone groups is 1. The van der Waals surface area contributed by atoms with Gasteiger partial charge < -0.3 is 5.84 Å². The topological polar surface area (TPSA) is 81.1 Å². The summed E-state index contributed by atoms with van der Waals surface area (Å²) in [6, 6.07) is 7.94. The quantitative estimate of drug-likeness (QED) is 0.450. The maximum Gasteiger partial charge on any atom is 0.263 e. The normalized spacial score (nSPS) is 10.8. The first-order chi connectivity index (χ1) is 7.77. The lowest BCUT2D eigenvalue weighted by Crippen LogP contribution is -2.10. The molecule has 0 radical (unpaired) electrons. The Hall–Kier alpha value is -2.37. The lowest BCUT2D eigenvalue weighted by Gasteiger charge is -1.99. The highest BCUT2D eigenvalue weighted by atomic mass is 15.5. The predicted octanol–water partition coefficient (Wildman–Crippen LogP) is 0.746. The molecule has 0 spiro atoms. The Morgan fingerprint density at radius 2 is 2.25 bits per heavy atom. The molecule has 0 saturated carbocycles. The first-order valence-electron chi connectivity index (χ1n) is 4.77. The lowest BCUT2D eigenvalue weighted by atomic mass is 10.1. The van der Waals surface area contributed by atoms with Crippen molar-refractivity contribution in [2.75, 3.05) is 11.3 Å². The Balaban J connectivity index is 2.06. The van der Waals surface area contributed by atoms with Crippen LogP contribution in [-0.2, 0) is 0 Å². The van der Waals surface area contributed by atoms with E-state index >= 15 is 0 Å². The minimum absolute atomic E-state index is 0.393. The smallest absolute Gasteiger partial charge is 0.263 e. The molecule has 0 atom stereocenters. The third kappa shape index (κ3) is 2.17. The van der Waals surface area contributed by atoms with E-state index in [4.69, 9.17) is 5.84 Å². The van der Waals surface area contributed by atoms with Crippen molar-refractivity contribution in [3.05, 3.63) is 41.7 Å². The maximum atomic E-state index is 5.51. The van der Waals surface area contributed by atoms with E-state index in [0.717, 1.165) is 11.1 Å². The third-order valence-electron chi connectivity index (χ3n) is 2.13. The van der Waals surface area contributed by atoms with Gasteiger partial charge in [0, 0.05) is 0 Å². The zero-order valence-electron chi connectivity index (χ0n) is 8.83. The van der Waals surface area contributed by atoms with Crippen LogP contribution in [-0.4, -0.2) is 21.1 Å². The standard InChI is InChI=1S/C10H12N6/c1-8-4-2-3-5-9(8)6-12-14-10-15-13-7-16(10)11/h2-7H,11H2,1H3,(H,14,15). The summed E-state index contributed by atoms with van der Waals surface area (Å²) in [5.74, 6) is 5.90. The summed E-state index contributed by atoms with van der Waals surface area (Å²) in [7, 11) is 0. The second-order valence-corrected chi connectivity index (χ2v) is 3.29. The van der Waals surface area contributed by atoms with Gasteiger partial charge in [-0.25, -0.2) is 10.1 Å². The number of nitrogens with zero attached hydrogens (tertiary/aromatic N) is 4. The maximum absolute atomic E-state index is 5.51. The van der Waals surface area contributed by atoms with Crippen LogP contribution in [0.15, 0.2) is 35.7 Å². The predicted molar refractivity (Wildman–Crippen MR) is 62.6 cm³/mol. The van der Waals surface area contributed by atoms with Gasteiger partial charge in [0.05, 0.1) is 6.21 Å². The van der Waals surface area contributed by atoms with E-state index in [1.54, 1.807) is 6.21 Å². The van der Waals surface area contributed by atoms with Crippen LogP contribution in [0.25, 0.3) is 0 Å². The summed E-state index contributed by atoms with van der Waals surface area (Å²) < 4.78 is 1.26. The molecule has 2 aromatic rings. The van der Waals surface area contributed by atoms with Gasteiger partial charge in [-0.05, 0) is 18.1 Å². The Labute approximate surface area is 92.8 Å². The van der Waals surface area contributed by atoms with Crippen LogP contribution < -0.4 is 11.3 Å². The summed E-state index contributed by atoms with van der Waals surface area (Å²) in [4.78, 5) is 0. The summed E-state index contributed by atoms with van der Waals surface area (Å²) in [5.41, 5.74) is 4.90. The van der Waals surface area contributed by atoms with Gasteiger partial charge in [0.25, 0.3) is 5.95 Å². The van der Waals surface area contributed by atoms with E-state index in [1.165, 1.54) is 11.0 Å². The number of hydrogen-bond acceptors (Lipinski definition) is 5. The zero-order chi connectivity index (χ0) is 11.4. The Morgan fingerprint density at radius 1 is 1.44 bits per heavy atom. The molecule has 1 aromatic carbocycles. The van der Waals surface area contributed by atoms with Crippen molar-refractivity contribution in [2.45, 2.75) is 6.92 Å². The Morgan fingerprint density at radius 3 is 2.94 bits per heavy atom. The summed E-state index contributed by atoms with van der Waals surface area (Å²) >= 11 is 0. The molecular weight excluding hydrogens is 204 g/mol. The van der Waals surface area contributed by atoms with Crippen molar-refractivity contribution in [3.63, 3.8) is 0 Å². The number of nitrogens with two attached hydrogens (primary N) is 1. The van der Waals surface area contributed by atoms with E-state index in [2.05, 4.69) is 20.7 Å². The van der Waals surface area contributed by atoms with E-state index in [1.807, 2.05) is 31.2 Å². The van der Waals surface area contributed by atoms with Crippen LogP contribution in [0.2, 0.25) is 0 Å². The van der Waals surface area contributed by atoms with Gasteiger partial charge >= 0.3 is 0 Å². The summed E-state index contributed by atoms with van der Waals surface area (Å²) in [5, 5.41) is 11.4. The van der Waals surface area contributed by atoms with E-state index in [0.29, 0.717) is 5.95 Å². The summed E-state index contributed by atoms with van der Waals surface area (Å²) in [6.45, 7) is 2.02. The average molecular weight is 216 g/mol.